The lowest BCUT2D eigenvalue weighted by atomic mass is 10.0. The van der Waals surface area contributed by atoms with Gasteiger partial charge in [-0.3, -0.25) is 0 Å². The molecular weight excluding hydrogens is 224 g/mol. The molecule has 0 aliphatic rings. The molecule has 0 aromatic heterocycles. The molecule has 0 heterocycles. The van der Waals surface area contributed by atoms with E-state index in [1.165, 1.54) is 0 Å². The lowest BCUT2D eigenvalue weighted by molar-refractivity contribution is 0.532. The van der Waals surface area contributed by atoms with Crippen LogP contribution in [0, 0.1) is 34.5 Å². The van der Waals surface area contributed by atoms with Crippen molar-refractivity contribution in [1.82, 2.24) is 0 Å². The summed E-state index contributed by atoms with van der Waals surface area (Å²) < 4.78 is 0. The summed E-state index contributed by atoms with van der Waals surface area (Å²) in [4.78, 5) is 0. The molecule has 0 saturated heterocycles. The maximum atomic E-state index is 8.87. The number of nitrogens with zero attached hydrogens (tertiary/aromatic N) is 4. The van der Waals surface area contributed by atoms with Crippen LogP contribution in [0.2, 0.25) is 0 Å². The van der Waals surface area contributed by atoms with Crippen LogP contribution in [0.25, 0.3) is 0 Å². The van der Waals surface area contributed by atoms with Crippen LogP contribution in [0.15, 0.2) is 10.2 Å². The topological polar surface area (TPSA) is 72.3 Å². The normalized spacial score (nSPS) is 14.0. The van der Waals surface area contributed by atoms with Gasteiger partial charge in [0.15, 0.2) is 0 Å². The number of hydrogen-bond donors (Lipinski definition) is 0. The Morgan fingerprint density at radius 3 is 1.44 bits per heavy atom. The van der Waals surface area contributed by atoms with E-state index < -0.39 is 0 Å². The van der Waals surface area contributed by atoms with Crippen LogP contribution in [0.5, 0.6) is 0 Å². The molecule has 2 unspecified atom stereocenters. The standard InChI is InChI=1S/C14H24N4/c1-3-5-13(11-15)7-9-17-18-10-8-14(12-16)6-4-2/h13-14H,3-10H2,1-2H3. The molecule has 0 fully saturated rings. The lowest BCUT2D eigenvalue weighted by Gasteiger charge is -2.04. The first kappa shape index (κ1) is 16.6. The molecule has 0 saturated carbocycles. The fourth-order valence-corrected chi connectivity index (χ4v) is 1.81. The van der Waals surface area contributed by atoms with Crippen molar-refractivity contribution in [2.75, 3.05) is 13.1 Å². The highest BCUT2D eigenvalue weighted by Crippen LogP contribution is 2.11. The first-order valence-electron chi connectivity index (χ1n) is 6.90. The second-order valence-corrected chi connectivity index (χ2v) is 4.54. The summed E-state index contributed by atoms with van der Waals surface area (Å²) >= 11 is 0. The Hall–Kier alpha value is -1.42. The Kier molecular flexibility index (Phi) is 11.1. The first-order valence-corrected chi connectivity index (χ1v) is 6.90. The third kappa shape index (κ3) is 8.70. The van der Waals surface area contributed by atoms with E-state index >= 15 is 0 Å². The second kappa shape index (κ2) is 12.0. The molecule has 2 atom stereocenters. The van der Waals surface area contributed by atoms with Crippen molar-refractivity contribution in [3.63, 3.8) is 0 Å². The molecule has 0 radical (unpaired) electrons. The zero-order valence-electron chi connectivity index (χ0n) is 11.6. The molecule has 4 nitrogen and oxygen atoms in total. The van der Waals surface area contributed by atoms with Crippen molar-refractivity contribution in [3.05, 3.63) is 0 Å². The summed E-state index contributed by atoms with van der Waals surface area (Å²) in [6.45, 7) is 5.43. The molecule has 100 valence electrons. The van der Waals surface area contributed by atoms with E-state index in [0.717, 1.165) is 38.5 Å². The Labute approximate surface area is 111 Å². The van der Waals surface area contributed by atoms with Crippen LogP contribution >= 0.6 is 0 Å². The second-order valence-electron chi connectivity index (χ2n) is 4.54. The fraction of sp³-hybridized carbons (Fsp3) is 0.857. The van der Waals surface area contributed by atoms with E-state index in [4.69, 9.17) is 10.5 Å². The van der Waals surface area contributed by atoms with Gasteiger partial charge >= 0.3 is 0 Å². The summed E-state index contributed by atoms with van der Waals surface area (Å²) in [5, 5.41) is 25.9. The average molecular weight is 248 g/mol. The molecule has 18 heavy (non-hydrogen) atoms. The third-order valence-electron chi connectivity index (χ3n) is 2.89. The zero-order chi connectivity index (χ0) is 13.6. The molecule has 0 aliphatic carbocycles. The van der Waals surface area contributed by atoms with Crippen molar-refractivity contribution >= 4 is 0 Å². The molecule has 4 heteroatoms. The first-order chi connectivity index (χ1) is 8.78. The van der Waals surface area contributed by atoms with Crippen LogP contribution in [0.3, 0.4) is 0 Å². The number of rotatable bonds is 10. The molecule has 0 aromatic carbocycles. The third-order valence-corrected chi connectivity index (χ3v) is 2.89. The van der Waals surface area contributed by atoms with Crippen LogP contribution in [-0.2, 0) is 0 Å². The van der Waals surface area contributed by atoms with Gasteiger partial charge in [0.25, 0.3) is 0 Å². The Balaban J connectivity index is 3.66. The lowest BCUT2D eigenvalue weighted by Crippen LogP contribution is -2.00. The van der Waals surface area contributed by atoms with Crippen molar-refractivity contribution in [2.24, 2.45) is 22.1 Å². The van der Waals surface area contributed by atoms with Gasteiger partial charge in [-0.05, 0) is 25.7 Å². The van der Waals surface area contributed by atoms with Gasteiger partial charge in [-0.25, -0.2) is 0 Å². The molecule has 0 aromatic rings. The Morgan fingerprint density at radius 2 is 1.17 bits per heavy atom. The average Bonchev–Trinajstić information content (AvgIpc) is 2.39. The van der Waals surface area contributed by atoms with E-state index in [9.17, 15) is 0 Å². The molecule has 0 amide bonds. The zero-order valence-corrected chi connectivity index (χ0v) is 11.6. The smallest absolute Gasteiger partial charge is 0.0656 e. The van der Waals surface area contributed by atoms with Crippen LogP contribution in [0.4, 0.5) is 0 Å². The predicted molar refractivity (Wildman–Crippen MR) is 71.8 cm³/mol. The summed E-state index contributed by atoms with van der Waals surface area (Å²) in [7, 11) is 0. The maximum Gasteiger partial charge on any atom is 0.0656 e. The number of azo groups is 1. The highest BCUT2D eigenvalue weighted by atomic mass is 15.1. The van der Waals surface area contributed by atoms with Gasteiger partial charge in [-0.15, -0.1) is 0 Å². The van der Waals surface area contributed by atoms with Gasteiger partial charge in [0.2, 0.25) is 0 Å². The highest BCUT2D eigenvalue weighted by Gasteiger charge is 2.05. The van der Waals surface area contributed by atoms with Crippen LogP contribution in [0.1, 0.15) is 52.4 Å². The molecule has 0 bridgehead atoms. The fourth-order valence-electron chi connectivity index (χ4n) is 1.81. The quantitative estimate of drug-likeness (QED) is 0.546. The van der Waals surface area contributed by atoms with Crippen LogP contribution in [-0.4, -0.2) is 13.1 Å². The van der Waals surface area contributed by atoms with Gasteiger partial charge in [0.1, 0.15) is 0 Å². The Morgan fingerprint density at radius 1 is 0.778 bits per heavy atom. The predicted octanol–water partition coefficient (Wildman–Crippen LogP) is 4.10. The summed E-state index contributed by atoms with van der Waals surface area (Å²) in [6.07, 6.45) is 5.56. The van der Waals surface area contributed by atoms with E-state index in [2.05, 4.69) is 36.2 Å². The minimum atomic E-state index is 0.112. The van der Waals surface area contributed by atoms with Gasteiger partial charge in [0, 0.05) is 11.8 Å². The van der Waals surface area contributed by atoms with Gasteiger partial charge in [0.05, 0.1) is 25.2 Å². The van der Waals surface area contributed by atoms with E-state index in [1.807, 2.05) is 0 Å². The number of hydrogen-bond acceptors (Lipinski definition) is 4. The SMILES string of the molecule is CCCC(C#N)CCN=NCCC(C#N)CCC. The minimum Gasteiger partial charge on any atom is -0.198 e. The maximum absolute atomic E-state index is 8.87. The van der Waals surface area contributed by atoms with E-state index in [0.29, 0.717) is 13.1 Å². The van der Waals surface area contributed by atoms with Gasteiger partial charge in [-0.1, -0.05) is 26.7 Å². The molecular formula is C14H24N4. The molecule has 0 N–H and O–H groups in total. The highest BCUT2D eigenvalue weighted by molar-refractivity contribution is 4.83. The monoisotopic (exact) mass is 248 g/mol. The number of nitriles is 2. The molecule has 0 rings (SSSR count). The summed E-state index contributed by atoms with van der Waals surface area (Å²) in [5.74, 6) is 0.224. The van der Waals surface area contributed by atoms with Crippen molar-refractivity contribution in [1.29, 1.82) is 10.5 Å². The van der Waals surface area contributed by atoms with Gasteiger partial charge in [-0.2, -0.15) is 20.8 Å². The van der Waals surface area contributed by atoms with Gasteiger partial charge < -0.3 is 0 Å². The minimum absolute atomic E-state index is 0.112. The Bertz CT molecular complexity index is 268. The largest absolute Gasteiger partial charge is 0.198 e. The van der Waals surface area contributed by atoms with Crippen molar-refractivity contribution in [2.45, 2.75) is 52.4 Å². The summed E-state index contributed by atoms with van der Waals surface area (Å²) in [5.41, 5.74) is 0. The summed E-state index contributed by atoms with van der Waals surface area (Å²) in [6, 6.07) is 4.59. The molecule has 0 aliphatic heterocycles. The van der Waals surface area contributed by atoms with Crippen molar-refractivity contribution in [3.8, 4) is 12.1 Å². The van der Waals surface area contributed by atoms with E-state index in [1.54, 1.807) is 0 Å². The molecule has 0 spiro atoms. The van der Waals surface area contributed by atoms with Crippen LogP contribution < -0.4 is 0 Å². The van der Waals surface area contributed by atoms with Crippen molar-refractivity contribution < 1.29 is 0 Å². The van der Waals surface area contributed by atoms with E-state index in [-0.39, 0.29) is 11.8 Å².